The van der Waals surface area contributed by atoms with Crippen LogP contribution in [0.1, 0.15) is 52.4 Å². The molecule has 2 heterocycles. The molecular weight excluding hydrogens is 532 g/mol. The second-order valence-electron chi connectivity index (χ2n) is 8.76. The largest absolute Gasteiger partial charge is 0.462 e. The molecule has 40 heavy (non-hydrogen) atoms. The molecule has 1 N–H and O–H groups in total. The highest BCUT2D eigenvalue weighted by Gasteiger charge is 2.42. The molecule has 1 aromatic heterocycles. The number of hydrogen-bond acceptors (Lipinski definition) is 10. The minimum atomic E-state index is -0.686. The van der Waals surface area contributed by atoms with Crippen LogP contribution in [0.2, 0.25) is 0 Å². The number of carbonyl (C=O) groups is 4. The fraction of sp³-hybridized carbons (Fsp3) is 0.241. The third-order valence-electron chi connectivity index (χ3n) is 5.64. The molecular formula is C29H28N4O6S. The monoisotopic (exact) mass is 560 g/mol. The Labute approximate surface area is 235 Å². The number of aromatic nitrogens is 2. The van der Waals surface area contributed by atoms with Crippen molar-refractivity contribution >= 4 is 46.9 Å². The summed E-state index contributed by atoms with van der Waals surface area (Å²) in [6.07, 6.45) is 0.618. The highest BCUT2D eigenvalue weighted by Crippen LogP contribution is 2.38. The first-order valence-electron chi connectivity index (χ1n) is 12.7. The number of aryl methyl sites for hydroxylation is 2. The van der Waals surface area contributed by atoms with Gasteiger partial charge in [0.05, 0.1) is 30.0 Å². The molecule has 4 rings (SSSR count). The standard InChI is InChI=1S/C29H28N4O6S/c1-5-14-39-28(37)21-12-7-8-13-22(21)33-25(34)23(32-20-11-9-10-19(16-20)27(36)38-6-2)24(26(33)35)40-29-30-17(3)15-18(4)31-29/h7-13,15-16,32H,5-6,14H2,1-4H3. The van der Waals surface area contributed by atoms with Crippen molar-refractivity contribution in [2.45, 2.75) is 39.3 Å². The average Bonchev–Trinajstić information content (AvgIpc) is 3.15. The highest BCUT2D eigenvalue weighted by molar-refractivity contribution is 8.04. The van der Waals surface area contributed by atoms with Crippen LogP contribution in [-0.2, 0) is 19.1 Å². The fourth-order valence-corrected chi connectivity index (χ4v) is 4.94. The lowest BCUT2D eigenvalue weighted by Crippen LogP contribution is -2.33. The quantitative estimate of drug-likeness (QED) is 0.209. The van der Waals surface area contributed by atoms with E-state index >= 15 is 0 Å². The molecule has 10 nitrogen and oxygen atoms in total. The van der Waals surface area contributed by atoms with Crippen LogP contribution >= 0.6 is 11.8 Å². The predicted molar refractivity (Wildman–Crippen MR) is 150 cm³/mol. The number of anilines is 2. The Bertz CT molecular complexity index is 1500. The zero-order valence-corrected chi connectivity index (χ0v) is 23.3. The van der Waals surface area contributed by atoms with Crippen LogP contribution in [0.15, 0.2) is 70.4 Å². The van der Waals surface area contributed by atoms with Crippen LogP contribution in [0.3, 0.4) is 0 Å². The second-order valence-corrected chi connectivity index (χ2v) is 9.74. The third-order valence-corrected chi connectivity index (χ3v) is 6.59. The van der Waals surface area contributed by atoms with Gasteiger partial charge in [-0.15, -0.1) is 0 Å². The Balaban J connectivity index is 1.77. The molecule has 0 radical (unpaired) electrons. The van der Waals surface area contributed by atoms with E-state index in [0.717, 1.165) is 16.7 Å². The number of hydrogen-bond donors (Lipinski definition) is 1. The summed E-state index contributed by atoms with van der Waals surface area (Å²) in [4.78, 5) is 62.6. The molecule has 3 aromatic rings. The molecule has 0 saturated heterocycles. The van der Waals surface area contributed by atoms with E-state index in [0.29, 0.717) is 23.5 Å². The number of amides is 2. The smallest absolute Gasteiger partial charge is 0.340 e. The molecule has 0 fully saturated rings. The van der Waals surface area contributed by atoms with Gasteiger partial charge in [-0.1, -0.05) is 25.1 Å². The Morgan fingerprint density at radius 2 is 1.62 bits per heavy atom. The van der Waals surface area contributed by atoms with Gasteiger partial charge in [-0.25, -0.2) is 24.5 Å². The number of benzene rings is 2. The number of nitrogens with one attached hydrogen (secondary N) is 1. The topological polar surface area (TPSA) is 128 Å². The fourth-order valence-electron chi connectivity index (χ4n) is 3.96. The van der Waals surface area contributed by atoms with E-state index in [1.807, 2.05) is 6.92 Å². The third kappa shape index (κ3) is 6.20. The number of rotatable bonds is 10. The van der Waals surface area contributed by atoms with Crippen LogP contribution in [0.5, 0.6) is 0 Å². The Morgan fingerprint density at radius 1 is 0.900 bits per heavy atom. The second kappa shape index (κ2) is 12.6. The van der Waals surface area contributed by atoms with Crippen molar-refractivity contribution in [1.29, 1.82) is 0 Å². The first kappa shape index (κ1) is 28.5. The van der Waals surface area contributed by atoms with Crippen molar-refractivity contribution in [2.75, 3.05) is 23.4 Å². The number of carbonyl (C=O) groups excluding carboxylic acids is 4. The van der Waals surface area contributed by atoms with E-state index in [-0.39, 0.29) is 45.8 Å². The van der Waals surface area contributed by atoms with Gasteiger partial charge >= 0.3 is 11.9 Å². The molecule has 206 valence electrons. The Morgan fingerprint density at radius 3 is 2.33 bits per heavy atom. The summed E-state index contributed by atoms with van der Waals surface area (Å²) in [5.41, 5.74) is 2.19. The van der Waals surface area contributed by atoms with Crippen molar-refractivity contribution in [3.05, 3.63) is 87.7 Å². The van der Waals surface area contributed by atoms with Crippen LogP contribution in [0.25, 0.3) is 0 Å². The zero-order chi connectivity index (χ0) is 28.8. The molecule has 0 bridgehead atoms. The van der Waals surface area contributed by atoms with E-state index in [4.69, 9.17) is 9.47 Å². The maximum atomic E-state index is 13.9. The molecule has 1 aliphatic heterocycles. The number of esters is 2. The number of ether oxygens (including phenoxy) is 2. The lowest BCUT2D eigenvalue weighted by atomic mass is 10.1. The number of thioether (sulfide) groups is 1. The molecule has 2 aromatic carbocycles. The van der Waals surface area contributed by atoms with Gasteiger partial charge in [0.25, 0.3) is 11.8 Å². The van der Waals surface area contributed by atoms with E-state index in [2.05, 4.69) is 15.3 Å². The molecule has 0 spiro atoms. The lowest BCUT2D eigenvalue weighted by molar-refractivity contribution is -0.120. The summed E-state index contributed by atoms with van der Waals surface area (Å²) in [7, 11) is 0. The summed E-state index contributed by atoms with van der Waals surface area (Å²) < 4.78 is 10.4. The van der Waals surface area contributed by atoms with Crippen molar-refractivity contribution in [3.63, 3.8) is 0 Å². The summed E-state index contributed by atoms with van der Waals surface area (Å²) in [6, 6.07) is 14.5. The Kier molecular flexibility index (Phi) is 8.95. The minimum absolute atomic E-state index is 0.0354. The summed E-state index contributed by atoms with van der Waals surface area (Å²) >= 11 is 0.939. The number of nitrogens with zero attached hydrogens (tertiary/aromatic N) is 3. The molecule has 0 atom stereocenters. The van der Waals surface area contributed by atoms with Gasteiger partial charge in [-0.05, 0) is 75.4 Å². The van der Waals surface area contributed by atoms with Crippen molar-refractivity contribution in [2.24, 2.45) is 0 Å². The van der Waals surface area contributed by atoms with Gasteiger partial charge in [0.2, 0.25) is 0 Å². The highest BCUT2D eigenvalue weighted by atomic mass is 32.2. The number of para-hydroxylation sites is 1. The van der Waals surface area contributed by atoms with Crippen LogP contribution in [0, 0.1) is 13.8 Å². The molecule has 1 aliphatic rings. The molecule has 0 aliphatic carbocycles. The van der Waals surface area contributed by atoms with Crippen LogP contribution in [-0.4, -0.2) is 46.9 Å². The maximum Gasteiger partial charge on any atom is 0.340 e. The zero-order valence-electron chi connectivity index (χ0n) is 22.5. The van der Waals surface area contributed by atoms with Crippen molar-refractivity contribution in [3.8, 4) is 0 Å². The van der Waals surface area contributed by atoms with E-state index in [9.17, 15) is 19.2 Å². The summed E-state index contributed by atoms with van der Waals surface area (Å²) in [6.45, 7) is 7.59. The van der Waals surface area contributed by atoms with Crippen LogP contribution < -0.4 is 10.2 Å². The van der Waals surface area contributed by atoms with Gasteiger partial charge in [-0.3, -0.25) is 9.59 Å². The summed E-state index contributed by atoms with van der Waals surface area (Å²) in [5.74, 6) is -2.51. The van der Waals surface area contributed by atoms with Crippen molar-refractivity contribution in [1.82, 2.24) is 9.97 Å². The van der Waals surface area contributed by atoms with Crippen molar-refractivity contribution < 1.29 is 28.7 Å². The van der Waals surface area contributed by atoms with Gasteiger partial charge in [-0.2, -0.15) is 0 Å². The normalized spacial score (nSPS) is 13.1. The van der Waals surface area contributed by atoms with E-state index in [1.54, 1.807) is 57.2 Å². The van der Waals surface area contributed by atoms with Gasteiger partial charge in [0.1, 0.15) is 10.6 Å². The molecule has 0 saturated carbocycles. The van der Waals surface area contributed by atoms with Gasteiger partial charge < -0.3 is 14.8 Å². The molecule has 11 heteroatoms. The molecule has 0 unspecified atom stereocenters. The van der Waals surface area contributed by atoms with E-state index in [1.165, 1.54) is 18.2 Å². The first-order chi connectivity index (χ1) is 19.2. The van der Waals surface area contributed by atoms with E-state index < -0.39 is 23.8 Å². The minimum Gasteiger partial charge on any atom is -0.462 e. The maximum absolute atomic E-state index is 13.9. The average molecular weight is 561 g/mol. The lowest BCUT2D eigenvalue weighted by Gasteiger charge is -2.18. The van der Waals surface area contributed by atoms with Crippen LogP contribution in [0.4, 0.5) is 11.4 Å². The summed E-state index contributed by atoms with van der Waals surface area (Å²) in [5, 5.41) is 3.29. The Hall–Kier alpha value is -4.51. The number of imide groups is 1. The first-order valence-corrected chi connectivity index (χ1v) is 13.5. The predicted octanol–water partition coefficient (Wildman–Crippen LogP) is 4.83. The van der Waals surface area contributed by atoms with Gasteiger partial charge in [0.15, 0.2) is 5.16 Å². The van der Waals surface area contributed by atoms with Gasteiger partial charge in [0, 0.05) is 17.1 Å². The molecule has 2 amide bonds. The SMILES string of the molecule is CCCOC(=O)c1ccccc1N1C(=O)C(Nc2cccc(C(=O)OCC)c2)=C(Sc2nc(C)cc(C)n2)C1=O.